The quantitative estimate of drug-likeness (QED) is 0.638. The Balaban J connectivity index is 2.98. The minimum atomic E-state index is -4.49. The molecule has 0 bridgehead atoms. The van der Waals surface area contributed by atoms with Gasteiger partial charge in [-0.3, -0.25) is 0 Å². The van der Waals surface area contributed by atoms with Crippen molar-refractivity contribution in [1.82, 2.24) is 0 Å². The van der Waals surface area contributed by atoms with Gasteiger partial charge < -0.3 is 9.84 Å². The molecular weight excluding hydrogens is 233 g/mol. The van der Waals surface area contributed by atoms with Crippen molar-refractivity contribution in [3.63, 3.8) is 0 Å². The van der Waals surface area contributed by atoms with E-state index in [0.717, 1.165) is 6.07 Å². The molecule has 0 saturated carbocycles. The molecule has 0 atom stereocenters. The maximum atomic E-state index is 12.7. The third-order valence-corrected chi connectivity index (χ3v) is 2.11. The molecule has 0 saturated heterocycles. The van der Waals surface area contributed by atoms with E-state index in [9.17, 15) is 13.2 Å². The van der Waals surface area contributed by atoms with Crippen molar-refractivity contribution in [3.8, 4) is 5.75 Å². The Bertz CT molecular complexity index is 386. The maximum absolute atomic E-state index is 12.7. The molecule has 0 radical (unpaired) electrons. The fourth-order valence-corrected chi connectivity index (χ4v) is 1.28. The predicted octanol–water partition coefficient (Wildman–Crippen LogP) is 3.15. The van der Waals surface area contributed by atoms with Crippen molar-refractivity contribution < 1.29 is 23.0 Å². The summed E-state index contributed by atoms with van der Waals surface area (Å²) in [5, 5.41) is 8.81. The number of aliphatic hydroxyl groups is 1. The normalized spacial score (nSPS) is 11.3. The third-order valence-electron chi connectivity index (χ3n) is 2.11. The van der Waals surface area contributed by atoms with Gasteiger partial charge in [0.1, 0.15) is 5.75 Å². The second-order valence-electron chi connectivity index (χ2n) is 3.41. The maximum Gasteiger partial charge on any atom is 0.419 e. The Hall–Kier alpha value is -1.49. The van der Waals surface area contributed by atoms with Crippen LogP contribution in [0.2, 0.25) is 0 Å². The van der Waals surface area contributed by atoms with Crippen molar-refractivity contribution in [3.05, 3.63) is 42.0 Å². The number of alkyl halides is 3. The SMILES string of the molecule is C=CCCOc1ccc(CO)cc1C(F)(F)F. The monoisotopic (exact) mass is 246 g/mol. The molecule has 94 valence electrons. The lowest BCUT2D eigenvalue weighted by Gasteiger charge is -2.14. The molecule has 0 aromatic heterocycles. The highest BCUT2D eigenvalue weighted by molar-refractivity contribution is 5.39. The molecule has 0 heterocycles. The number of rotatable bonds is 5. The van der Waals surface area contributed by atoms with Crippen LogP contribution in [0.3, 0.4) is 0 Å². The smallest absolute Gasteiger partial charge is 0.419 e. The van der Waals surface area contributed by atoms with Gasteiger partial charge in [0.05, 0.1) is 18.8 Å². The third kappa shape index (κ3) is 3.78. The molecule has 0 unspecified atom stereocenters. The lowest BCUT2D eigenvalue weighted by molar-refractivity contribution is -0.139. The van der Waals surface area contributed by atoms with Crippen LogP contribution in [0.4, 0.5) is 13.2 Å². The van der Waals surface area contributed by atoms with Crippen LogP contribution in [0, 0.1) is 0 Å². The molecule has 0 aliphatic carbocycles. The summed E-state index contributed by atoms with van der Waals surface area (Å²) in [6, 6.07) is 3.51. The molecule has 0 fully saturated rings. The summed E-state index contributed by atoms with van der Waals surface area (Å²) < 4.78 is 43.1. The van der Waals surface area contributed by atoms with Crippen LogP contribution in [0.1, 0.15) is 17.5 Å². The van der Waals surface area contributed by atoms with E-state index in [1.54, 1.807) is 6.08 Å². The van der Waals surface area contributed by atoms with Gasteiger partial charge >= 0.3 is 6.18 Å². The fraction of sp³-hybridized carbons (Fsp3) is 0.333. The van der Waals surface area contributed by atoms with Crippen LogP contribution in [0.25, 0.3) is 0 Å². The van der Waals surface area contributed by atoms with Gasteiger partial charge in [-0.25, -0.2) is 0 Å². The molecule has 2 nitrogen and oxygen atoms in total. The van der Waals surface area contributed by atoms with E-state index in [2.05, 4.69) is 6.58 Å². The Kier molecular flexibility index (Phi) is 4.57. The zero-order valence-electron chi connectivity index (χ0n) is 9.13. The topological polar surface area (TPSA) is 29.5 Å². The molecular formula is C12H13F3O2. The lowest BCUT2D eigenvalue weighted by Crippen LogP contribution is -2.10. The van der Waals surface area contributed by atoms with Gasteiger partial charge in [0.2, 0.25) is 0 Å². The van der Waals surface area contributed by atoms with E-state index >= 15 is 0 Å². The molecule has 0 aliphatic rings. The van der Waals surface area contributed by atoms with Gasteiger partial charge in [-0.1, -0.05) is 12.1 Å². The molecule has 0 spiro atoms. The largest absolute Gasteiger partial charge is 0.493 e. The molecule has 0 aliphatic heterocycles. The summed E-state index contributed by atoms with van der Waals surface area (Å²) >= 11 is 0. The Morgan fingerprint density at radius 3 is 2.59 bits per heavy atom. The van der Waals surface area contributed by atoms with Gasteiger partial charge in [-0.15, -0.1) is 6.58 Å². The first-order chi connectivity index (χ1) is 7.99. The molecule has 17 heavy (non-hydrogen) atoms. The van der Waals surface area contributed by atoms with Gasteiger partial charge in [0.15, 0.2) is 0 Å². The minimum absolute atomic E-state index is 0.144. The molecule has 0 amide bonds. The van der Waals surface area contributed by atoms with Crippen LogP contribution in [0.5, 0.6) is 5.75 Å². The van der Waals surface area contributed by atoms with Gasteiger partial charge in [-0.2, -0.15) is 13.2 Å². The summed E-state index contributed by atoms with van der Waals surface area (Å²) in [6.45, 7) is 3.16. The van der Waals surface area contributed by atoms with Crippen LogP contribution >= 0.6 is 0 Å². The lowest BCUT2D eigenvalue weighted by atomic mass is 10.1. The Labute approximate surface area is 97.3 Å². The van der Waals surface area contributed by atoms with E-state index in [-0.39, 0.29) is 17.9 Å². The number of ether oxygens (including phenoxy) is 1. The first kappa shape index (κ1) is 13.6. The molecule has 1 N–H and O–H groups in total. The molecule has 1 rings (SSSR count). The second kappa shape index (κ2) is 5.72. The number of hydrogen-bond donors (Lipinski definition) is 1. The van der Waals surface area contributed by atoms with E-state index < -0.39 is 18.3 Å². The van der Waals surface area contributed by atoms with Gasteiger partial charge in [0, 0.05) is 0 Å². The summed E-state index contributed by atoms with van der Waals surface area (Å²) in [5.74, 6) is -0.225. The average Bonchev–Trinajstić information content (AvgIpc) is 2.28. The van der Waals surface area contributed by atoms with Crippen LogP contribution in [-0.2, 0) is 12.8 Å². The highest BCUT2D eigenvalue weighted by Crippen LogP contribution is 2.36. The fourth-order valence-electron chi connectivity index (χ4n) is 1.28. The van der Waals surface area contributed by atoms with E-state index in [0.29, 0.717) is 6.42 Å². The first-order valence-electron chi connectivity index (χ1n) is 5.03. The summed E-state index contributed by atoms with van der Waals surface area (Å²) in [6.07, 6.45) is -2.46. The van der Waals surface area contributed by atoms with Crippen LogP contribution < -0.4 is 4.74 Å². The second-order valence-corrected chi connectivity index (χ2v) is 3.41. The van der Waals surface area contributed by atoms with E-state index in [1.165, 1.54) is 12.1 Å². The van der Waals surface area contributed by atoms with Crippen molar-refractivity contribution in [2.24, 2.45) is 0 Å². The minimum Gasteiger partial charge on any atom is -0.493 e. The highest BCUT2D eigenvalue weighted by atomic mass is 19.4. The van der Waals surface area contributed by atoms with Crippen molar-refractivity contribution >= 4 is 0 Å². The van der Waals surface area contributed by atoms with Gasteiger partial charge in [0.25, 0.3) is 0 Å². The van der Waals surface area contributed by atoms with Crippen LogP contribution in [0.15, 0.2) is 30.9 Å². The summed E-state index contributed by atoms with van der Waals surface area (Å²) in [5.41, 5.74) is -0.665. The Morgan fingerprint density at radius 1 is 1.35 bits per heavy atom. The predicted molar refractivity (Wildman–Crippen MR) is 57.7 cm³/mol. The zero-order chi connectivity index (χ0) is 12.9. The molecule has 1 aromatic rings. The number of benzene rings is 1. The van der Waals surface area contributed by atoms with E-state index in [4.69, 9.17) is 9.84 Å². The average molecular weight is 246 g/mol. The number of halogens is 3. The van der Waals surface area contributed by atoms with Crippen molar-refractivity contribution in [2.75, 3.05) is 6.61 Å². The van der Waals surface area contributed by atoms with Crippen molar-refractivity contribution in [1.29, 1.82) is 0 Å². The van der Waals surface area contributed by atoms with Crippen LogP contribution in [-0.4, -0.2) is 11.7 Å². The first-order valence-corrected chi connectivity index (χ1v) is 5.03. The number of hydrogen-bond acceptors (Lipinski definition) is 2. The van der Waals surface area contributed by atoms with Crippen molar-refractivity contribution in [2.45, 2.75) is 19.2 Å². The Morgan fingerprint density at radius 2 is 2.06 bits per heavy atom. The molecule has 5 heteroatoms. The highest BCUT2D eigenvalue weighted by Gasteiger charge is 2.34. The zero-order valence-corrected chi connectivity index (χ0v) is 9.13. The standard InChI is InChI=1S/C12H13F3O2/c1-2-3-6-17-11-5-4-9(8-16)7-10(11)12(13,14)15/h2,4-5,7,16H,1,3,6,8H2. The molecule has 1 aromatic carbocycles. The summed E-state index contributed by atoms with van der Waals surface area (Å²) in [4.78, 5) is 0. The number of aliphatic hydroxyl groups excluding tert-OH is 1. The summed E-state index contributed by atoms with van der Waals surface area (Å²) in [7, 11) is 0. The van der Waals surface area contributed by atoms with E-state index in [1.807, 2.05) is 0 Å². The van der Waals surface area contributed by atoms with Gasteiger partial charge in [-0.05, 0) is 24.1 Å².